The molecule has 2 aliphatic rings. The molecule has 2 fully saturated rings. The Kier molecular flexibility index (Phi) is 3.44. The molecule has 0 radical (unpaired) electrons. The summed E-state index contributed by atoms with van der Waals surface area (Å²) in [7, 11) is 0. The van der Waals surface area contributed by atoms with E-state index in [1.54, 1.807) is 6.20 Å². The van der Waals surface area contributed by atoms with Crippen molar-refractivity contribution in [3.63, 3.8) is 0 Å². The molecule has 4 atom stereocenters. The van der Waals surface area contributed by atoms with E-state index >= 15 is 0 Å². The third-order valence-corrected chi connectivity index (χ3v) is 5.05. The van der Waals surface area contributed by atoms with Crippen LogP contribution in [0.25, 0.3) is 0 Å². The minimum atomic E-state index is 0.358. The van der Waals surface area contributed by atoms with Crippen LogP contribution in [0.15, 0.2) is 18.3 Å². The Morgan fingerprint density at radius 3 is 2.95 bits per heavy atom. The number of nitrogens with zero attached hydrogens (tertiary/aromatic N) is 1. The van der Waals surface area contributed by atoms with Gasteiger partial charge in [-0.15, -0.1) is 0 Å². The third-order valence-electron chi connectivity index (χ3n) is 4.84. The summed E-state index contributed by atoms with van der Waals surface area (Å²) in [6.07, 6.45) is 7.49. The summed E-state index contributed by atoms with van der Waals surface area (Å²) in [5.41, 5.74) is 7.40. The molecule has 1 heterocycles. The molecule has 0 aliphatic heterocycles. The smallest absolute Gasteiger partial charge is 0.122 e. The van der Waals surface area contributed by atoms with Crippen molar-refractivity contribution in [1.82, 2.24) is 4.98 Å². The van der Waals surface area contributed by atoms with E-state index in [2.05, 4.69) is 17.2 Å². The Morgan fingerprint density at radius 1 is 1.47 bits per heavy atom. The van der Waals surface area contributed by atoms with Gasteiger partial charge in [-0.05, 0) is 56.1 Å². The zero-order chi connectivity index (χ0) is 13.4. The fourth-order valence-electron chi connectivity index (χ4n) is 3.93. The molecular formula is C15H21N3S. The summed E-state index contributed by atoms with van der Waals surface area (Å²) >= 11 is 4.97. The Morgan fingerprint density at radius 2 is 2.32 bits per heavy atom. The molecule has 3 nitrogen and oxygen atoms in total. The lowest BCUT2D eigenvalue weighted by Crippen LogP contribution is -2.30. The molecule has 2 aliphatic carbocycles. The van der Waals surface area contributed by atoms with Crippen LogP contribution in [0.4, 0.5) is 5.69 Å². The lowest BCUT2D eigenvalue weighted by atomic mass is 9.84. The largest absolute Gasteiger partial charge is 0.388 e. The number of pyridine rings is 1. The molecule has 0 aromatic carbocycles. The van der Waals surface area contributed by atoms with E-state index in [-0.39, 0.29) is 0 Å². The highest BCUT2D eigenvalue weighted by Gasteiger charge is 2.41. The Labute approximate surface area is 120 Å². The van der Waals surface area contributed by atoms with Crippen LogP contribution < -0.4 is 11.1 Å². The fraction of sp³-hybridized carbons (Fsp3) is 0.600. The number of anilines is 1. The van der Waals surface area contributed by atoms with Gasteiger partial charge in [0.25, 0.3) is 0 Å². The lowest BCUT2D eigenvalue weighted by Gasteiger charge is -2.29. The van der Waals surface area contributed by atoms with Crippen molar-refractivity contribution in [3.8, 4) is 0 Å². The minimum Gasteiger partial charge on any atom is -0.388 e. The first kappa shape index (κ1) is 12.9. The molecule has 3 N–H and O–H groups in total. The molecule has 4 unspecified atom stereocenters. The first-order valence-electron chi connectivity index (χ1n) is 7.16. The van der Waals surface area contributed by atoms with Crippen molar-refractivity contribution in [2.45, 2.75) is 38.6 Å². The van der Waals surface area contributed by atoms with Gasteiger partial charge in [0, 0.05) is 17.9 Å². The number of hydrogen-bond donors (Lipinski definition) is 2. The van der Waals surface area contributed by atoms with Gasteiger partial charge in [0.1, 0.15) is 4.99 Å². The predicted molar refractivity (Wildman–Crippen MR) is 82.1 cm³/mol. The number of nitrogens with one attached hydrogen (secondary N) is 1. The zero-order valence-electron chi connectivity index (χ0n) is 11.3. The Bertz CT molecular complexity index is 488. The van der Waals surface area contributed by atoms with Gasteiger partial charge in [0.05, 0.1) is 5.69 Å². The summed E-state index contributed by atoms with van der Waals surface area (Å²) < 4.78 is 0. The van der Waals surface area contributed by atoms with Crippen LogP contribution in [0.2, 0.25) is 0 Å². The standard InChI is InChI=1S/C15H21N3S/c1-9(13-7-10-2-3-11(13)6-10)18-12-4-5-17-14(8-12)15(16)19/h4-5,8-11,13H,2-3,6-7H2,1H3,(H2,16,19)(H,17,18). The maximum atomic E-state index is 5.63. The number of hydrogen-bond acceptors (Lipinski definition) is 3. The highest BCUT2D eigenvalue weighted by molar-refractivity contribution is 7.80. The van der Waals surface area contributed by atoms with E-state index in [1.165, 1.54) is 25.7 Å². The fourth-order valence-corrected chi connectivity index (χ4v) is 4.04. The summed E-state index contributed by atoms with van der Waals surface area (Å²) in [6.45, 7) is 2.30. The van der Waals surface area contributed by atoms with Gasteiger partial charge in [-0.1, -0.05) is 18.6 Å². The van der Waals surface area contributed by atoms with E-state index in [9.17, 15) is 0 Å². The zero-order valence-corrected chi connectivity index (χ0v) is 12.1. The minimum absolute atomic E-state index is 0.358. The number of rotatable bonds is 4. The molecule has 0 amide bonds. The normalized spacial score (nSPS) is 30.3. The van der Waals surface area contributed by atoms with Crippen LogP contribution in [-0.4, -0.2) is 16.0 Å². The van der Waals surface area contributed by atoms with E-state index in [0.717, 1.165) is 23.4 Å². The highest BCUT2D eigenvalue weighted by Crippen LogP contribution is 2.49. The molecule has 2 bridgehead atoms. The first-order chi connectivity index (χ1) is 9.13. The van der Waals surface area contributed by atoms with Gasteiger partial charge in [0.2, 0.25) is 0 Å². The number of nitrogens with two attached hydrogens (primary N) is 1. The Hall–Kier alpha value is -1.16. The second-order valence-electron chi connectivity index (χ2n) is 6.07. The van der Waals surface area contributed by atoms with Crippen molar-refractivity contribution >= 4 is 22.9 Å². The average Bonchev–Trinajstić information content (AvgIpc) is 3.01. The lowest BCUT2D eigenvalue weighted by molar-refractivity contribution is 0.304. The SMILES string of the molecule is CC(Nc1ccnc(C(N)=S)c1)C1CC2CCC1C2. The Balaban J connectivity index is 1.67. The molecule has 0 saturated heterocycles. The van der Waals surface area contributed by atoms with Gasteiger partial charge in [-0.25, -0.2) is 0 Å². The van der Waals surface area contributed by atoms with Crippen molar-refractivity contribution in [2.75, 3.05) is 5.32 Å². The van der Waals surface area contributed by atoms with Crippen molar-refractivity contribution in [2.24, 2.45) is 23.5 Å². The van der Waals surface area contributed by atoms with Crippen LogP contribution in [-0.2, 0) is 0 Å². The number of aromatic nitrogens is 1. The van der Waals surface area contributed by atoms with E-state index < -0.39 is 0 Å². The summed E-state index contributed by atoms with van der Waals surface area (Å²) in [4.78, 5) is 4.53. The topological polar surface area (TPSA) is 50.9 Å². The third kappa shape index (κ3) is 2.59. The van der Waals surface area contributed by atoms with Gasteiger partial charge < -0.3 is 11.1 Å². The van der Waals surface area contributed by atoms with E-state index in [4.69, 9.17) is 18.0 Å². The molecule has 102 valence electrons. The maximum absolute atomic E-state index is 5.63. The molecule has 1 aromatic heterocycles. The van der Waals surface area contributed by atoms with Crippen molar-refractivity contribution in [3.05, 3.63) is 24.0 Å². The first-order valence-corrected chi connectivity index (χ1v) is 7.56. The van der Waals surface area contributed by atoms with E-state index in [0.29, 0.717) is 16.7 Å². The van der Waals surface area contributed by atoms with Gasteiger partial charge in [-0.2, -0.15) is 0 Å². The van der Waals surface area contributed by atoms with Gasteiger partial charge >= 0.3 is 0 Å². The summed E-state index contributed by atoms with van der Waals surface area (Å²) in [5.74, 6) is 2.74. The molecule has 2 saturated carbocycles. The molecule has 0 spiro atoms. The number of thiocarbonyl (C=S) groups is 1. The molecule has 1 aromatic rings. The van der Waals surface area contributed by atoms with E-state index in [1.807, 2.05) is 12.1 Å². The average molecular weight is 275 g/mol. The molecular weight excluding hydrogens is 254 g/mol. The quantitative estimate of drug-likeness (QED) is 0.830. The second kappa shape index (κ2) is 5.08. The van der Waals surface area contributed by atoms with Crippen LogP contribution in [0, 0.1) is 17.8 Å². The molecule has 3 rings (SSSR count). The van der Waals surface area contributed by atoms with Gasteiger partial charge in [-0.3, -0.25) is 4.98 Å². The number of fused-ring (bicyclic) bond motifs is 2. The molecule has 4 heteroatoms. The maximum Gasteiger partial charge on any atom is 0.122 e. The van der Waals surface area contributed by atoms with Crippen molar-refractivity contribution < 1.29 is 0 Å². The monoisotopic (exact) mass is 275 g/mol. The van der Waals surface area contributed by atoms with Crippen LogP contribution in [0.5, 0.6) is 0 Å². The van der Waals surface area contributed by atoms with Gasteiger partial charge in [0.15, 0.2) is 0 Å². The highest BCUT2D eigenvalue weighted by atomic mass is 32.1. The second-order valence-corrected chi connectivity index (χ2v) is 6.51. The van der Waals surface area contributed by atoms with Crippen LogP contribution >= 0.6 is 12.2 Å². The van der Waals surface area contributed by atoms with Crippen LogP contribution in [0.1, 0.15) is 38.3 Å². The summed E-state index contributed by atoms with van der Waals surface area (Å²) in [5, 5.41) is 3.61. The van der Waals surface area contributed by atoms with Crippen molar-refractivity contribution in [1.29, 1.82) is 0 Å². The molecule has 19 heavy (non-hydrogen) atoms. The van der Waals surface area contributed by atoms with Crippen LogP contribution in [0.3, 0.4) is 0 Å². The predicted octanol–water partition coefficient (Wildman–Crippen LogP) is 2.95. The summed E-state index contributed by atoms with van der Waals surface area (Å²) in [6, 6.07) is 4.45.